The van der Waals surface area contributed by atoms with Crippen molar-refractivity contribution >= 4 is 28.0 Å². The van der Waals surface area contributed by atoms with Crippen LogP contribution in [0.25, 0.3) is 0 Å². The third-order valence-electron chi connectivity index (χ3n) is 3.89. The van der Waals surface area contributed by atoms with Gasteiger partial charge in [0.05, 0.1) is 15.9 Å². The summed E-state index contributed by atoms with van der Waals surface area (Å²) in [7, 11) is 0. The minimum Gasteiger partial charge on any atom is -0.480 e. The second-order valence-electron chi connectivity index (χ2n) is 5.68. The molecule has 0 spiro atoms. The van der Waals surface area contributed by atoms with E-state index in [2.05, 4.69) is 26.3 Å². The van der Waals surface area contributed by atoms with E-state index in [1.165, 1.54) is 0 Å². The zero-order chi connectivity index (χ0) is 19.1. The Bertz CT molecular complexity index is 761. The Balaban J connectivity index is 2.04. The topological polar surface area (TPSA) is 93.5 Å². The number of nitrogens with zero attached hydrogens (tertiary/aromatic N) is 2. The molecular formula is C18H22BrN3O4. The van der Waals surface area contributed by atoms with Crippen LogP contribution in [0, 0.1) is 0 Å². The number of carboxylic acid groups (broad SMARTS) is 1. The maximum absolute atomic E-state index is 12.0. The van der Waals surface area contributed by atoms with Gasteiger partial charge in [-0.1, -0.05) is 37.3 Å². The first-order chi connectivity index (χ1) is 12.5. The van der Waals surface area contributed by atoms with Gasteiger partial charge in [0.25, 0.3) is 0 Å². The third kappa shape index (κ3) is 5.08. The lowest BCUT2D eigenvalue weighted by atomic mass is 10.1. The Morgan fingerprint density at radius 2 is 2.00 bits per heavy atom. The van der Waals surface area contributed by atoms with Gasteiger partial charge in [-0.15, -0.1) is 0 Å². The number of hydrogen-bond acceptors (Lipinski definition) is 4. The van der Waals surface area contributed by atoms with Gasteiger partial charge < -0.3 is 15.2 Å². The van der Waals surface area contributed by atoms with Crippen molar-refractivity contribution in [2.45, 2.75) is 45.9 Å². The monoisotopic (exact) mass is 423 g/mol. The van der Waals surface area contributed by atoms with E-state index in [9.17, 15) is 14.7 Å². The second-order valence-corrected chi connectivity index (χ2v) is 6.47. The van der Waals surface area contributed by atoms with Crippen LogP contribution >= 0.6 is 15.9 Å². The molecule has 1 heterocycles. The van der Waals surface area contributed by atoms with E-state index in [0.29, 0.717) is 6.54 Å². The Kier molecular flexibility index (Phi) is 7.20. The number of halogens is 1. The summed E-state index contributed by atoms with van der Waals surface area (Å²) in [6.45, 7) is 4.60. The first kappa shape index (κ1) is 20.0. The molecule has 0 aliphatic heterocycles. The molecule has 7 nitrogen and oxygen atoms in total. The highest BCUT2D eigenvalue weighted by molar-refractivity contribution is 9.10. The molecule has 1 atom stereocenters. The molecule has 1 amide bonds. The highest BCUT2D eigenvalue weighted by Crippen LogP contribution is 2.23. The van der Waals surface area contributed by atoms with Gasteiger partial charge in [-0.2, -0.15) is 5.10 Å². The lowest BCUT2D eigenvalue weighted by Gasteiger charge is -2.15. The van der Waals surface area contributed by atoms with Crippen LogP contribution in [0.5, 0.6) is 0 Å². The Morgan fingerprint density at radius 3 is 2.58 bits per heavy atom. The molecule has 0 aliphatic carbocycles. The van der Waals surface area contributed by atoms with Crippen LogP contribution in [-0.4, -0.2) is 33.0 Å². The Hall–Kier alpha value is -2.35. The average Bonchev–Trinajstić information content (AvgIpc) is 2.95. The predicted molar refractivity (Wildman–Crippen MR) is 99.9 cm³/mol. The number of aryl methyl sites for hydroxylation is 2. The van der Waals surface area contributed by atoms with E-state index in [-0.39, 0.29) is 13.0 Å². The largest absolute Gasteiger partial charge is 0.480 e. The van der Waals surface area contributed by atoms with Gasteiger partial charge in [0.2, 0.25) is 0 Å². The third-order valence-corrected chi connectivity index (χ3v) is 4.81. The first-order valence-electron chi connectivity index (χ1n) is 8.40. The van der Waals surface area contributed by atoms with Gasteiger partial charge in [-0.05, 0) is 34.8 Å². The highest BCUT2D eigenvalue weighted by atomic mass is 79.9. The van der Waals surface area contributed by atoms with Crippen LogP contribution in [0.15, 0.2) is 34.8 Å². The quantitative estimate of drug-likeness (QED) is 0.679. The lowest BCUT2D eigenvalue weighted by Crippen LogP contribution is -2.43. The standard InChI is InChI=1S/C18H22BrN3O4/c1-3-13-16(19)15(22(4-2)21-13)10-14(17(23)24)20-18(25)26-11-12-8-6-5-7-9-12/h5-9,14H,3-4,10-11H2,1-2H3,(H,20,25)(H,23,24). The zero-order valence-corrected chi connectivity index (χ0v) is 16.3. The molecule has 2 aromatic rings. The van der Waals surface area contributed by atoms with Crippen molar-refractivity contribution in [1.29, 1.82) is 0 Å². The first-order valence-corrected chi connectivity index (χ1v) is 9.19. The molecule has 1 aromatic heterocycles. The molecule has 0 aliphatic rings. The number of carbonyl (C=O) groups is 2. The molecule has 2 rings (SSSR count). The summed E-state index contributed by atoms with van der Waals surface area (Å²) in [6, 6.07) is 8.08. The van der Waals surface area contributed by atoms with Crippen LogP contribution in [0.1, 0.15) is 30.8 Å². The number of nitrogens with one attached hydrogen (secondary N) is 1. The van der Waals surface area contributed by atoms with E-state index >= 15 is 0 Å². The Morgan fingerprint density at radius 1 is 1.31 bits per heavy atom. The van der Waals surface area contributed by atoms with E-state index in [0.717, 1.165) is 27.8 Å². The van der Waals surface area contributed by atoms with Crippen LogP contribution in [0.2, 0.25) is 0 Å². The van der Waals surface area contributed by atoms with Crippen LogP contribution in [0.4, 0.5) is 4.79 Å². The maximum Gasteiger partial charge on any atom is 0.408 e. The summed E-state index contributed by atoms with van der Waals surface area (Å²) in [5.41, 5.74) is 2.42. The molecule has 1 unspecified atom stereocenters. The lowest BCUT2D eigenvalue weighted by molar-refractivity contribution is -0.139. The second kappa shape index (κ2) is 9.38. The van der Waals surface area contributed by atoms with E-state index in [1.54, 1.807) is 4.68 Å². The van der Waals surface area contributed by atoms with Crippen molar-refractivity contribution in [1.82, 2.24) is 15.1 Å². The molecule has 2 N–H and O–H groups in total. The van der Waals surface area contributed by atoms with Gasteiger partial charge in [0.1, 0.15) is 12.6 Å². The smallest absolute Gasteiger partial charge is 0.408 e. The fourth-order valence-corrected chi connectivity index (χ4v) is 3.24. The molecule has 140 valence electrons. The number of carbonyl (C=O) groups excluding carboxylic acids is 1. The summed E-state index contributed by atoms with van der Waals surface area (Å²) in [4.78, 5) is 23.6. The van der Waals surface area contributed by atoms with Gasteiger partial charge in [-0.25, -0.2) is 9.59 Å². The number of carboxylic acids is 1. The van der Waals surface area contributed by atoms with Crippen molar-refractivity contribution in [2.75, 3.05) is 0 Å². The summed E-state index contributed by atoms with van der Waals surface area (Å²) in [5, 5.41) is 16.3. The summed E-state index contributed by atoms with van der Waals surface area (Å²) >= 11 is 3.49. The summed E-state index contributed by atoms with van der Waals surface area (Å²) in [5.74, 6) is -1.13. The molecule has 0 saturated carbocycles. The van der Waals surface area contributed by atoms with Crippen molar-refractivity contribution in [3.05, 3.63) is 51.8 Å². The zero-order valence-electron chi connectivity index (χ0n) is 14.7. The van der Waals surface area contributed by atoms with Crippen molar-refractivity contribution in [3.8, 4) is 0 Å². The van der Waals surface area contributed by atoms with Crippen molar-refractivity contribution in [2.24, 2.45) is 0 Å². The van der Waals surface area contributed by atoms with Crippen LogP contribution in [-0.2, 0) is 35.5 Å². The van der Waals surface area contributed by atoms with Crippen LogP contribution < -0.4 is 5.32 Å². The Labute approximate surface area is 160 Å². The fraction of sp³-hybridized carbons (Fsp3) is 0.389. The predicted octanol–water partition coefficient (Wildman–Crippen LogP) is 3.15. The van der Waals surface area contributed by atoms with Gasteiger partial charge in [0, 0.05) is 13.0 Å². The fourth-order valence-electron chi connectivity index (χ4n) is 2.51. The number of benzene rings is 1. The van der Waals surface area contributed by atoms with E-state index in [4.69, 9.17) is 4.74 Å². The van der Waals surface area contributed by atoms with Crippen LogP contribution in [0.3, 0.4) is 0 Å². The van der Waals surface area contributed by atoms with Gasteiger partial charge in [-0.3, -0.25) is 4.68 Å². The summed E-state index contributed by atoms with van der Waals surface area (Å²) < 4.78 is 7.64. The minimum atomic E-state index is -1.13. The molecule has 26 heavy (non-hydrogen) atoms. The molecule has 0 bridgehead atoms. The molecule has 0 fully saturated rings. The number of alkyl carbamates (subject to hydrolysis) is 1. The van der Waals surface area contributed by atoms with E-state index < -0.39 is 18.1 Å². The van der Waals surface area contributed by atoms with Crippen molar-refractivity contribution in [3.63, 3.8) is 0 Å². The number of aromatic nitrogens is 2. The molecule has 8 heteroatoms. The summed E-state index contributed by atoms with van der Waals surface area (Å²) in [6.07, 6.45) is 0.0675. The number of aliphatic carboxylic acids is 1. The normalized spacial score (nSPS) is 11.8. The SMILES string of the molecule is CCc1nn(CC)c(CC(NC(=O)OCc2ccccc2)C(=O)O)c1Br. The molecule has 0 saturated heterocycles. The minimum absolute atomic E-state index is 0.0790. The number of ether oxygens (including phenoxy) is 1. The number of amides is 1. The van der Waals surface area contributed by atoms with Gasteiger partial charge >= 0.3 is 12.1 Å². The highest BCUT2D eigenvalue weighted by Gasteiger charge is 2.25. The molecular weight excluding hydrogens is 402 g/mol. The van der Waals surface area contributed by atoms with Crippen molar-refractivity contribution < 1.29 is 19.4 Å². The maximum atomic E-state index is 12.0. The number of rotatable bonds is 8. The number of hydrogen-bond donors (Lipinski definition) is 2. The average molecular weight is 424 g/mol. The van der Waals surface area contributed by atoms with E-state index in [1.807, 2.05) is 44.2 Å². The molecule has 1 aromatic carbocycles. The molecule has 0 radical (unpaired) electrons. The van der Waals surface area contributed by atoms with Gasteiger partial charge in [0.15, 0.2) is 0 Å².